The van der Waals surface area contributed by atoms with Gasteiger partial charge in [-0.25, -0.2) is 0 Å². The number of rotatable bonds is 12. The molecule has 38 heavy (non-hydrogen) atoms. The lowest BCUT2D eigenvalue weighted by atomic mass is 9.75. The molecule has 2 aromatic rings. The fourth-order valence-corrected chi connectivity index (χ4v) is 6.32. The van der Waals surface area contributed by atoms with Gasteiger partial charge in [0.15, 0.2) is 11.3 Å². The molecule has 2 aromatic heterocycles. The molecule has 11 heteroatoms. The maximum atomic E-state index is 13.4. The summed E-state index contributed by atoms with van der Waals surface area (Å²) in [5.74, 6) is 0.288. The van der Waals surface area contributed by atoms with Crippen LogP contribution in [0.25, 0.3) is 10.9 Å². The Hall–Kier alpha value is -2.08. The van der Waals surface area contributed by atoms with Gasteiger partial charge in [-0.3, -0.25) is 14.2 Å². The molecule has 1 amide bonds. The molecule has 2 aliphatic rings. The number of fused-ring (bicyclic) bond motifs is 1. The van der Waals surface area contributed by atoms with Crippen molar-refractivity contribution in [3.8, 4) is 0 Å². The Morgan fingerprint density at radius 2 is 1.71 bits per heavy atom. The lowest BCUT2D eigenvalue weighted by Gasteiger charge is -2.42. The molecule has 0 unspecified atom stereocenters. The van der Waals surface area contributed by atoms with Crippen molar-refractivity contribution in [2.75, 3.05) is 11.9 Å². The first-order valence-corrected chi connectivity index (χ1v) is 17.9. The van der Waals surface area contributed by atoms with Crippen LogP contribution in [0, 0.1) is 5.92 Å². The van der Waals surface area contributed by atoms with Gasteiger partial charge in [-0.05, 0) is 50.6 Å². The minimum absolute atomic E-state index is 0.0271. The summed E-state index contributed by atoms with van der Waals surface area (Å²) in [5, 5.41) is 11.9. The van der Waals surface area contributed by atoms with Gasteiger partial charge in [0.05, 0.1) is 11.2 Å². The van der Waals surface area contributed by atoms with Crippen LogP contribution in [0.15, 0.2) is 17.1 Å². The SMILES string of the molecule is CCC1(CC)OB(c2cn(COCC[Si](C)(C)C)c(=O)c3nnc(NC(=O)C4CC4)cc23)OC1(CC)CC. The van der Waals surface area contributed by atoms with E-state index in [0.29, 0.717) is 23.3 Å². The highest BCUT2D eigenvalue weighted by molar-refractivity contribution is 6.76. The van der Waals surface area contributed by atoms with Crippen molar-refractivity contribution in [2.45, 2.75) is 110 Å². The molecule has 0 spiro atoms. The molecule has 0 atom stereocenters. The number of pyridine rings is 1. The third-order valence-electron chi connectivity index (χ3n) is 8.32. The molecule has 3 heterocycles. The molecule has 1 aliphatic heterocycles. The fraction of sp³-hybridized carbons (Fsp3) is 0.704. The maximum absolute atomic E-state index is 13.4. The van der Waals surface area contributed by atoms with E-state index in [-0.39, 0.29) is 29.6 Å². The van der Waals surface area contributed by atoms with E-state index in [0.717, 1.165) is 44.6 Å². The number of nitrogens with one attached hydrogen (secondary N) is 1. The van der Waals surface area contributed by atoms with Crippen LogP contribution in [-0.2, 0) is 25.6 Å². The van der Waals surface area contributed by atoms with Gasteiger partial charge in [0.1, 0.15) is 6.73 Å². The Bertz CT molecular complexity index is 1200. The van der Waals surface area contributed by atoms with Gasteiger partial charge in [0.2, 0.25) is 5.91 Å². The lowest BCUT2D eigenvalue weighted by Crippen LogP contribution is -2.50. The highest BCUT2D eigenvalue weighted by Crippen LogP contribution is 2.47. The molecule has 0 radical (unpaired) electrons. The van der Waals surface area contributed by atoms with Crippen molar-refractivity contribution >= 4 is 43.3 Å². The first-order chi connectivity index (χ1) is 18.0. The average molecular weight is 543 g/mol. The molecule has 0 aromatic carbocycles. The highest BCUT2D eigenvalue weighted by Gasteiger charge is 2.59. The van der Waals surface area contributed by atoms with Crippen LogP contribution in [0.4, 0.5) is 5.82 Å². The van der Waals surface area contributed by atoms with Crippen molar-refractivity contribution in [2.24, 2.45) is 5.92 Å². The Morgan fingerprint density at radius 1 is 1.11 bits per heavy atom. The molecule has 2 fully saturated rings. The summed E-state index contributed by atoms with van der Waals surface area (Å²) >= 11 is 0. The molecule has 4 rings (SSSR count). The quantitative estimate of drug-likeness (QED) is 0.315. The minimum Gasteiger partial charge on any atom is -0.399 e. The van der Waals surface area contributed by atoms with E-state index in [1.165, 1.54) is 4.57 Å². The Kier molecular flexibility index (Phi) is 8.52. The standard InChI is InChI=1S/C27H43BN4O5Si/c1-8-26(9-2)27(10-3,11-4)37-28(36-26)21-17-32(18-35-14-15-38(5,6)7)25(34)23-20(21)16-22(30-31-23)29-24(33)19-12-13-19/h16-17,19H,8-15,18H2,1-7H3,(H,29,30,33). The largest absolute Gasteiger partial charge is 0.497 e. The second kappa shape index (κ2) is 11.2. The zero-order chi connectivity index (χ0) is 27.7. The smallest absolute Gasteiger partial charge is 0.399 e. The molecule has 0 bridgehead atoms. The average Bonchev–Trinajstić information content (AvgIpc) is 3.69. The number of carbonyl (C=O) groups excluding carboxylic acids is 1. The van der Waals surface area contributed by atoms with Gasteiger partial charge in [-0.2, -0.15) is 0 Å². The lowest BCUT2D eigenvalue weighted by molar-refractivity contribution is -0.117. The minimum atomic E-state index is -1.27. The molecule has 1 saturated carbocycles. The normalized spacial score (nSPS) is 18.8. The summed E-state index contributed by atoms with van der Waals surface area (Å²) in [6, 6.07) is 2.73. The van der Waals surface area contributed by atoms with Gasteiger partial charge >= 0.3 is 7.12 Å². The molecule has 1 saturated heterocycles. The fourth-order valence-electron chi connectivity index (χ4n) is 5.56. The summed E-state index contributed by atoms with van der Waals surface area (Å²) in [6.07, 6.45) is 6.77. The van der Waals surface area contributed by atoms with Crippen LogP contribution in [0.5, 0.6) is 0 Å². The van der Waals surface area contributed by atoms with Crippen LogP contribution in [-0.4, -0.2) is 53.7 Å². The number of carbonyl (C=O) groups is 1. The Morgan fingerprint density at radius 3 is 2.24 bits per heavy atom. The van der Waals surface area contributed by atoms with Gasteiger partial charge in [0.25, 0.3) is 5.56 Å². The number of ether oxygens (including phenoxy) is 1. The number of nitrogens with zero attached hydrogens (tertiary/aromatic N) is 3. The van der Waals surface area contributed by atoms with Gasteiger partial charge in [0, 0.05) is 37.6 Å². The molecular weight excluding hydrogens is 499 g/mol. The van der Waals surface area contributed by atoms with E-state index in [1.54, 1.807) is 12.3 Å². The van der Waals surface area contributed by atoms with Gasteiger partial charge in [-0.15, -0.1) is 10.2 Å². The molecule has 9 nitrogen and oxygen atoms in total. The number of hydrogen-bond acceptors (Lipinski definition) is 7. The molecule has 1 N–H and O–H groups in total. The van der Waals surface area contributed by atoms with E-state index < -0.39 is 26.4 Å². The zero-order valence-corrected chi connectivity index (χ0v) is 25.1. The van der Waals surface area contributed by atoms with E-state index >= 15 is 0 Å². The highest BCUT2D eigenvalue weighted by atomic mass is 28.3. The third kappa shape index (κ3) is 5.61. The second-order valence-electron chi connectivity index (χ2n) is 11.9. The predicted molar refractivity (Wildman–Crippen MR) is 153 cm³/mol. The van der Waals surface area contributed by atoms with E-state index in [1.807, 2.05) is 0 Å². The van der Waals surface area contributed by atoms with E-state index in [9.17, 15) is 9.59 Å². The van der Waals surface area contributed by atoms with Crippen molar-refractivity contribution in [3.05, 3.63) is 22.6 Å². The van der Waals surface area contributed by atoms with Crippen LogP contribution in [0.2, 0.25) is 25.7 Å². The van der Waals surface area contributed by atoms with E-state index in [4.69, 9.17) is 14.0 Å². The summed E-state index contributed by atoms with van der Waals surface area (Å²) < 4.78 is 21.0. The monoisotopic (exact) mass is 542 g/mol. The first-order valence-electron chi connectivity index (χ1n) is 14.2. The number of amides is 1. The second-order valence-corrected chi connectivity index (χ2v) is 17.6. The topological polar surface area (TPSA) is 105 Å². The zero-order valence-electron chi connectivity index (χ0n) is 24.1. The van der Waals surface area contributed by atoms with Crippen molar-refractivity contribution < 1.29 is 18.8 Å². The van der Waals surface area contributed by atoms with Crippen molar-refractivity contribution in [1.29, 1.82) is 0 Å². The summed E-state index contributed by atoms with van der Waals surface area (Å²) in [4.78, 5) is 25.8. The summed E-state index contributed by atoms with van der Waals surface area (Å²) in [5.41, 5.74) is -0.300. The predicted octanol–water partition coefficient (Wildman–Crippen LogP) is 4.31. The molecule has 1 aliphatic carbocycles. The van der Waals surface area contributed by atoms with Gasteiger partial charge < -0.3 is 19.4 Å². The van der Waals surface area contributed by atoms with Crippen LogP contribution >= 0.6 is 0 Å². The first kappa shape index (κ1) is 28.9. The van der Waals surface area contributed by atoms with Crippen LogP contribution in [0.3, 0.4) is 0 Å². The van der Waals surface area contributed by atoms with Gasteiger partial charge in [-0.1, -0.05) is 47.3 Å². The van der Waals surface area contributed by atoms with E-state index in [2.05, 4.69) is 62.9 Å². The number of hydrogen-bond donors (Lipinski definition) is 1. The van der Waals surface area contributed by atoms with Crippen LogP contribution < -0.4 is 16.3 Å². The summed E-state index contributed by atoms with van der Waals surface area (Å²) in [7, 11) is -1.96. The Labute approximate surface area is 227 Å². The van der Waals surface area contributed by atoms with Crippen molar-refractivity contribution in [3.63, 3.8) is 0 Å². The maximum Gasteiger partial charge on any atom is 0.497 e. The Balaban J connectivity index is 1.76. The summed E-state index contributed by atoms with van der Waals surface area (Å²) in [6.45, 7) is 16.1. The molecule has 208 valence electrons. The molecular formula is C27H43BN4O5Si. The number of anilines is 1. The third-order valence-corrected chi connectivity index (χ3v) is 10.0. The van der Waals surface area contributed by atoms with Crippen LogP contribution in [0.1, 0.15) is 66.2 Å². The number of aromatic nitrogens is 3. The van der Waals surface area contributed by atoms with Crippen molar-refractivity contribution in [1.82, 2.24) is 14.8 Å².